The molecule has 1 unspecified atom stereocenters. The minimum atomic E-state index is -0.477. The molecule has 1 spiro atoms. The maximum Gasteiger partial charge on any atom is 0.171 e. The Hall–Kier alpha value is -1.18. The molecule has 4 rings (SSSR count). The van der Waals surface area contributed by atoms with Gasteiger partial charge in [0, 0.05) is 18.4 Å². The first-order chi connectivity index (χ1) is 14.9. The monoisotopic (exact) mass is 433 g/mol. The molecule has 31 heavy (non-hydrogen) atoms. The minimum Gasteiger partial charge on any atom is -0.491 e. The van der Waals surface area contributed by atoms with Crippen molar-refractivity contribution >= 4 is 0 Å². The van der Waals surface area contributed by atoms with Crippen LogP contribution in [0.15, 0.2) is 24.3 Å². The third-order valence-corrected chi connectivity index (χ3v) is 6.99. The predicted octanol–water partition coefficient (Wildman–Crippen LogP) is 4.50. The molecule has 1 aromatic carbocycles. The highest BCUT2D eigenvalue weighted by molar-refractivity contribution is 5.27. The lowest BCUT2D eigenvalue weighted by Crippen LogP contribution is -2.68. The lowest BCUT2D eigenvalue weighted by Gasteiger charge is -2.60. The molecule has 6 nitrogen and oxygen atoms in total. The average molecular weight is 434 g/mol. The molecular weight excluding hydrogens is 394 g/mol. The van der Waals surface area contributed by atoms with Crippen molar-refractivity contribution in [1.29, 1.82) is 0 Å². The van der Waals surface area contributed by atoms with Crippen molar-refractivity contribution in [2.75, 3.05) is 33.0 Å². The summed E-state index contributed by atoms with van der Waals surface area (Å²) >= 11 is 0. The van der Waals surface area contributed by atoms with E-state index in [0.29, 0.717) is 13.2 Å². The predicted molar refractivity (Wildman–Crippen MR) is 119 cm³/mol. The van der Waals surface area contributed by atoms with Gasteiger partial charge in [-0.25, -0.2) is 0 Å². The van der Waals surface area contributed by atoms with Gasteiger partial charge in [-0.1, -0.05) is 26.0 Å². The van der Waals surface area contributed by atoms with Crippen LogP contribution >= 0.6 is 0 Å². The van der Waals surface area contributed by atoms with Crippen LogP contribution < -0.4 is 4.74 Å². The smallest absolute Gasteiger partial charge is 0.171 e. The summed E-state index contributed by atoms with van der Waals surface area (Å²) in [7, 11) is 0. The molecule has 0 amide bonds. The van der Waals surface area contributed by atoms with E-state index >= 15 is 0 Å². The Bertz CT molecular complexity index is 705. The molecule has 0 radical (unpaired) electrons. The van der Waals surface area contributed by atoms with E-state index in [2.05, 4.69) is 44.9 Å². The number of nitrogens with zero attached hydrogens (tertiary/aromatic N) is 1. The maximum absolute atomic E-state index is 6.53. The highest BCUT2D eigenvalue weighted by Gasteiger charge is 2.57. The van der Waals surface area contributed by atoms with Gasteiger partial charge in [-0.05, 0) is 57.2 Å². The SMILES string of the molecule is CCC1(CC)CC2(CC(C)(C)N1OCCc1ccc(OCC3CO3)cc1)OCCCO2. The van der Waals surface area contributed by atoms with Crippen LogP contribution in [0, 0.1) is 0 Å². The van der Waals surface area contributed by atoms with Gasteiger partial charge in [-0.2, -0.15) is 5.06 Å². The summed E-state index contributed by atoms with van der Waals surface area (Å²) in [5.41, 5.74) is 0.977. The van der Waals surface area contributed by atoms with Crippen molar-refractivity contribution in [2.24, 2.45) is 0 Å². The van der Waals surface area contributed by atoms with E-state index in [4.69, 9.17) is 23.8 Å². The van der Waals surface area contributed by atoms with Crippen molar-refractivity contribution in [1.82, 2.24) is 5.06 Å². The second-order valence-electron chi connectivity index (χ2n) is 9.85. The van der Waals surface area contributed by atoms with Gasteiger partial charge in [-0.15, -0.1) is 0 Å². The number of epoxide rings is 1. The van der Waals surface area contributed by atoms with Crippen LogP contribution in [0.4, 0.5) is 0 Å². The van der Waals surface area contributed by atoms with E-state index in [9.17, 15) is 0 Å². The molecule has 1 aromatic rings. The largest absolute Gasteiger partial charge is 0.491 e. The van der Waals surface area contributed by atoms with Crippen LogP contribution in [-0.4, -0.2) is 61.1 Å². The van der Waals surface area contributed by atoms with E-state index in [1.807, 2.05) is 12.1 Å². The highest BCUT2D eigenvalue weighted by atomic mass is 16.7. The minimum absolute atomic E-state index is 0.0956. The molecule has 1 atom stereocenters. The Labute approximate surface area is 187 Å². The topological polar surface area (TPSA) is 52.7 Å². The van der Waals surface area contributed by atoms with Gasteiger partial charge in [0.1, 0.15) is 18.5 Å². The van der Waals surface area contributed by atoms with Gasteiger partial charge in [0.2, 0.25) is 0 Å². The second-order valence-corrected chi connectivity index (χ2v) is 9.85. The van der Waals surface area contributed by atoms with Crippen LogP contribution in [0.1, 0.15) is 65.4 Å². The molecule has 3 aliphatic rings. The zero-order chi connectivity index (χ0) is 22.0. The van der Waals surface area contributed by atoms with Crippen LogP contribution in [0.25, 0.3) is 0 Å². The van der Waals surface area contributed by atoms with Gasteiger partial charge in [0.05, 0.1) is 32.0 Å². The van der Waals surface area contributed by atoms with Crippen LogP contribution in [0.2, 0.25) is 0 Å². The van der Waals surface area contributed by atoms with E-state index in [-0.39, 0.29) is 17.2 Å². The second kappa shape index (κ2) is 9.36. The third kappa shape index (κ3) is 5.25. The highest BCUT2D eigenvalue weighted by Crippen LogP contribution is 2.49. The number of hydroxylamine groups is 2. The number of rotatable bonds is 9. The summed E-state index contributed by atoms with van der Waals surface area (Å²) in [6.45, 7) is 12.7. The van der Waals surface area contributed by atoms with Gasteiger partial charge in [0.25, 0.3) is 0 Å². The molecule has 0 aromatic heterocycles. The Morgan fingerprint density at radius 2 is 1.71 bits per heavy atom. The quantitative estimate of drug-likeness (QED) is 0.534. The van der Waals surface area contributed by atoms with Crippen molar-refractivity contribution in [3.05, 3.63) is 29.8 Å². The summed E-state index contributed by atoms with van der Waals surface area (Å²) < 4.78 is 23.4. The van der Waals surface area contributed by atoms with Crippen molar-refractivity contribution < 1.29 is 23.8 Å². The molecule has 3 heterocycles. The summed E-state index contributed by atoms with van der Waals surface area (Å²) in [4.78, 5) is 6.53. The molecule has 0 aliphatic carbocycles. The van der Waals surface area contributed by atoms with E-state index in [1.54, 1.807) is 0 Å². The van der Waals surface area contributed by atoms with Crippen molar-refractivity contribution in [2.45, 2.75) is 89.2 Å². The fourth-order valence-corrected chi connectivity index (χ4v) is 5.29. The summed E-state index contributed by atoms with van der Waals surface area (Å²) in [6.07, 6.45) is 5.79. The molecule has 6 heteroatoms. The Morgan fingerprint density at radius 1 is 1.03 bits per heavy atom. The zero-order valence-corrected chi connectivity index (χ0v) is 19.7. The molecule has 3 aliphatic heterocycles. The molecule has 0 bridgehead atoms. The summed E-state index contributed by atoms with van der Waals surface area (Å²) in [6, 6.07) is 8.32. The first-order valence-corrected chi connectivity index (χ1v) is 11.9. The fraction of sp³-hybridized carbons (Fsp3) is 0.760. The lowest BCUT2D eigenvalue weighted by molar-refractivity contribution is -0.374. The van der Waals surface area contributed by atoms with Crippen LogP contribution in [0.3, 0.4) is 0 Å². The Kier molecular flexibility index (Phi) is 6.94. The zero-order valence-electron chi connectivity index (χ0n) is 19.7. The molecule has 3 saturated heterocycles. The van der Waals surface area contributed by atoms with Gasteiger partial charge < -0.3 is 18.9 Å². The van der Waals surface area contributed by atoms with E-state index < -0.39 is 5.79 Å². The van der Waals surface area contributed by atoms with Crippen LogP contribution in [-0.2, 0) is 25.5 Å². The normalized spacial score (nSPS) is 26.6. The molecule has 0 N–H and O–H groups in total. The first kappa shape index (κ1) is 23.0. The standard InChI is InChI=1S/C25H39NO5/c1-5-24(6-2)19-25(29-13-7-14-30-25)18-23(3,4)26(24)31-15-12-20-8-10-21(11-9-20)27-16-22-17-28-22/h8-11,22H,5-7,12-19H2,1-4H3. The van der Waals surface area contributed by atoms with Crippen molar-refractivity contribution in [3.8, 4) is 5.75 Å². The molecular formula is C25H39NO5. The van der Waals surface area contributed by atoms with E-state index in [0.717, 1.165) is 64.1 Å². The average Bonchev–Trinajstić information content (AvgIpc) is 3.59. The number of hydrogen-bond donors (Lipinski definition) is 0. The molecule has 174 valence electrons. The number of piperidine rings is 1. The van der Waals surface area contributed by atoms with Gasteiger partial charge >= 0.3 is 0 Å². The van der Waals surface area contributed by atoms with Crippen molar-refractivity contribution in [3.63, 3.8) is 0 Å². The fourth-order valence-electron chi connectivity index (χ4n) is 5.29. The Balaban J connectivity index is 1.37. The molecule has 0 saturated carbocycles. The first-order valence-electron chi connectivity index (χ1n) is 11.9. The summed E-state index contributed by atoms with van der Waals surface area (Å²) in [5, 5.41) is 2.28. The number of hydrogen-bond acceptors (Lipinski definition) is 6. The Morgan fingerprint density at radius 3 is 2.32 bits per heavy atom. The number of ether oxygens (including phenoxy) is 4. The van der Waals surface area contributed by atoms with Gasteiger partial charge in [0.15, 0.2) is 5.79 Å². The lowest BCUT2D eigenvalue weighted by atomic mass is 9.73. The number of benzene rings is 1. The molecule has 3 fully saturated rings. The maximum atomic E-state index is 6.53. The van der Waals surface area contributed by atoms with E-state index in [1.165, 1.54) is 5.56 Å². The van der Waals surface area contributed by atoms with Crippen LogP contribution in [0.5, 0.6) is 5.75 Å². The summed E-state index contributed by atoms with van der Waals surface area (Å²) in [5.74, 6) is 0.417. The van der Waals surface area contributed by atoms with Gasteiger partial charge in [-0.3, -0.25) is 4.84 Å². The third-order valence-electron chi connectivity index (χ3n) is 6.99.